The highest BCUT2D eigenvalue weighted by atomic mass is 79.9. The summed E-state index contributed by atoms with van der Waals surface area (Å²) in [6.45, 7) is 4.46. The second-order valence-corrected chi connectivity index (χ2v) is 8.87. The van der Waals surface area contributed by atoms with Crippen LogP contribution >= 0.6 is 63.7 Å². The molecule has 0 saturated carbocycles. The van der Waals surface area contributed by atoms with Crippen LogP contribution in [-0.4, -0.2) is 19.5 Å². The van der Waals surface area contributed by atoms with Gasteiger partial charge < -0.3 is 9.47 Å². The third-order valence-corrected chi connectivity index (χ3v) is 7.20. The highest BCUT2D eigenvalue weighted by Crippen LogP contribution is 2.38. The van der Waals surface area contributed by atoms with Gasteiger partial charge in [-0.25, -0.2) is 8.78 Å². The van der Waals surface area contributed by atoms with Crippen molar-refractivity contribution in [2.24, 2.45) is 0 Å². The van der Waals surface area contributed by atoms with E-state index in [0.717, 1.165) is 5.56 Å². The minimum atomic E-state index is -0.409. The van der Waals surface area contributed by atoms with Crippen LogP contribution in [0.4, 0.5) is 8.78 Å². The molecule has 0 unspecified atom stereocenters. The molecule has 9 heteroatoms. The third-order valence-electron chi connectivity index (χ3n) is 3.84. The van der Waals surface area contributed by atoms with Gasteiger partial charge >= 0.3 is 0 Å². The lowest BCUT2D eigenvalue weighted by Gasteiger charge is -2.15. The Hall–Kier alpha value is -0.190. The number of rotatable bonds is 2. The van der Waals surface area contributed by atoms with Crippen molar-refractivity contribution in [3.63, 3.8) is 0 Å². The average Bonchev–Trinajstić information content (AvgIpc) is 3.13. The Morgan fingerprint density at radius 2 is 1.41 bits per heavy atom. The van der Waals surface area contributed by atoms with E-state index in [0.29, 0.717) is 54.1 Å². The Balaban J connectivity index is 0.000000199. The monoisotopic (exact) mass is 632 g/mol. The highest BCUT2D eigenvalue weighted by molar-refractivity contribution is 9.11. The summed E-state index contributed by atoms with van der Waals surface area (Å²) in [6.07, 6.45) is 0.272. The van der Waals surface area contributed by atoms with Crippen molar-refractivity contribution in [3.05, 3.63) is 63.9 Å². The standard InChI is InChI=1S/C10H9Br2FO2.C8H5Br2FO/c1-5-7(13)4-6(11)8(9(5)12)10-14-2-3-15-10;1-4-7(11)2-6(9)5(3-12)8(4)10/h4,10H,2-3H2,1H3;2-3H,1H3. The Labute approximate surface area is 189 Å². The quantitative estimate of drug-likeness (QED) is 0.328. The summed E-state index contributed by atoms with van der Waals surface area (Å²) in [4.78, 5) is 10.5. The molecule has 1 aliphatic rings. The fourth-order valence-corrected chi connectivity index (χ4v) is 4.96. The molecule has 0 N–H and O–H groups in total. The van der Waals surface area contributed by atoms with E-state index in [1.165, 1.54) is 12.1 Å². The molecule has 0 amide bonds. The molecule has 1 saturated heterocycles. The van der Waals surface area contributed by atoms with Crippen molar-refractivity contribution in [1.82, 2.24) is 0 Å². The number of carbonyl (C=O) groups is 1. The van der Waals surface area contributed by atoms with Crippen molar-refractivity contribution in [2.45, 2.75) is 20.1 Å². The third kappa shape index (κ3) is 5.25. The number of aldehydes is 1. The van der Waals surface area contributed by atoms with Crippen LogP contribution in [0.3, 0.4) is 0 Å². The maximum absolute atomic E-state index is 13.4. The molecular weight excluding hydrogens is 622 g/mol. The van der Waals surface area contributed by atoms with Crippen LogP contribution in [0.15, 0.2) is 30.0 Å². The zero-order valence-corrected chi connectivity index (χ0v) is 20.6. The number of hydrogen-bond acceptors (Lipinski definition) is 3. The smallest absolute Gasteiger partial charge is 0.186 e. The summed E-state index contributed by atoms with van der Waals surface area (Å²) in [5.41, 5.74) is 2.26. The summed E-state index contributed by atoms with van der Waals surface area (Å²) in [6, 6.07) is 2.71. The zero-order chi connectivity index (χ0) is 20.3. The molecule has 3 nitrogen and oxygen atoms in total. The minimum Gasteiger partial charge on any atom is -0.346 e. The molecule has 0 bridgehead atoms. The molecule has 1 fully saturated rings. The molecule has 0 aliphatic carbocycles. The van der Waals surface area contributed by atoms with E-state index in [9.17, 15) is 13.6 Å². The lowest BCUT2D eigenvalue weighted by Crippen LogP contribution is -2.03. The zero-order valence-electron chi connectivity index (χ0n) is 14.2. The molecule has 27 heavy (non-hydrogen) atoms. The van der Waals surface area contributed by atoms with Gasteiger partial charge in [0.25, 0.3) is 0 Å². The summed E-state index contributed by atoms with van der Waals surface area (Å²) in [5, 5.41) is 0. The van der Waals surface area contributed by atoms with Crippen LogP contribution in [0.5, 0.6) is 0 Å². The molecule has 0 spiro atoms. The molecule has 2 aromatic carbocycles. The molecule has 3 rings (SSSR count). The van der Waals surface area contributed by atoms with Crippen molar-refractivity contribution in [2.75, 3.05) is 13.2 Å². The topological polar surface area (TPSA) is 35.5 Å². The van der Waals surface area contributed by atoms with Gasteiger partial charge in [-0.3, -0.25) is 4.79 Å². The van der Waals surface area contributed by atoms with Gasteiger partial charge in [0.1, 0.15) is 11.6 Å². The van der Waals surface area contributed by atoms with Crippen molar-refractivity contribution < 1.29 is 23.0 Å². The summed E-state index contributed by atoms with van der Waals surface area (Å²) < 4.78 is 39.4. The molecule has 1 heterocycles. The van der Waals surface area contributed by atoms with Gasteiger partial charge in [-0.1, -0.05) is 15.9 Å². The minimum absolute atomic E-state index is 0.254. The Bertz CT molecular complexity index is 869. The van der Waals surface area contributed by atoms with Crippen LogP contribution in [0, 0.1) is 25.5 Å². The first-order valence-electron chi connectivity index (χ1n) is 7.65. The maximum Gasteiger partial charge on any atom is 0.186 e. The van der Waals surface area contributed by atoms with E-state index in [2.05, 4.69) is 63.7 Å². The maximum atomic E-state index is 13.4. The van der Waals surface area contributed by atoms with Gasteiger partial charge in [-0.2, -0.15) is 0 Å². The molecule has 1 aliphatic heterocycles. The highest BCUT2D eigenvalue weighted by Gasteiger charge is 2.25. The van der Waals surface area contributed by atoms with E-state index < -0.39 is 6.29 Å². The average molecular weight is 636 g/mol. The molecular formula is C18H14Br4F2O3. The van der Waals surface area contributed by atoms with Gasteiger partial charge in [0.15, 0.2) is 12.6 Å². The summed E-state index contributed by atoms with van der Waals surface area (Å²) >= 11 is 12.9. The van der Waals surface area contributed by atoms with Crippen LogP contribution in [0.25, 0.3) is 0 Å². The Kier molecular flexibility index (Phi) is 8.57. The lowest BCUT2D eigenvalue weighted by atomic mass is 10.1. The van der Waals surface area contributed by atoms with Gasteiger partial charge in [0, 0.05) is 29.0 Å². The van der Waals surface area contributed by atoms with Crippen LogP contribution in [0.2, 0.25) is 0 Å². The van der Waals surface area contributed by atoms with Gasteiger partial charge in [-0.05, 0) is 84.9 Å². The number of halogens is 6. The van der Waals surface area contributed by atoms with Gasteiger partial charge in [0.05, 0.1) is 13.2 Å². The van der Waals surface area contributed by atoms with Crippen molar-refractivity contribution >= 4 is 70.0 Å². The van der Waals surface area contributed by atoms with E-state index in [1.807, 2.05) is 0 Å². The predicted molar refractivity (Wildman–Crippen MR) is 113 cm³/mol. The fourth-order valence-electron chi connectivity index (χ4n) is 2.27. The summed E-state index contributed by atoms with van der Waals surface area (Å²) in [7, 11) is 0. The molecule has 0 radical (unpaired) electrons. The predicted octanol–water partition coefficient (Wildman–Crippen LogP) is 7.18. The first-order chi connectivity index (χ1) is 12.7. The van der Waals surface area contributed by atoms with Crippen molar-refractivity contribution in [1.29, 1.82) is 0 Å². The summed E-state index contributed by atoms with van der Waals surface area (Å²) in [5.74, 6) is -0.588. The van der Waals surface area contributed by atoms with E-state index in [4.69, 9.17) is 9.47 Å². The van der Waals surface area contributed by atoms with E-state index >= 15 is 0 Å². The second kappa shape index (κ2) is 10.0. The molecule has 146 valence electrons. The van der Waals surface area contributed by atoms with Crippen molar-refractivity contribution in [3.8, 4) is 0 Å². The van der Waals surface area contributed by atoms with E-state index in [-0.39, 0.29) is 11.6 Å². The number of hydrogen-bond donors (Lipinski definition) is 0. The van der Waals surface area contributed by atoms with Crippen LogP contribution in [-0.2, 0) is 9.47 Å². The molecule has 0 aromatic heterocycles. The molecule has 0 atom stereocenters. The SMILES string of the molecule is Cc1c(F)cc(Br)c(C2OCCO2)c1Br.Cc1c(F)cc(Br)c(C=O)c1Br. The van der Waals surface area contributed by atoms with E-state index in [1.54, 1.807) is 13.8 Å². The number of ether oxygens (including phenoxy) is 2. The first kappa shape index (κ1) is 23.1. The normalized spacial score (nSPS) is 14.1. The number of benzene rings is 2. The second-order valence-electron chi connectivity index (χ2n) is 5.58. The fraction of sp³-hybridized carbons (Fsp3) is 0.278. The Morgan fingerprint density at radius 3 is 1.93 bits per heavy atom. The first-order valence-corrected chi connectivity index (χ1v) is 10.8. The van der Waals surface area contributed by atoms with Gasteiger partial charge in [0.2, 0.25) is 0 Å². The number of carbonyl (C=O) groups excluding carboxylic acids is 1. The largest absolute Gasteiger partial charge is 0.346 e. The van der Waals surface area contributed by atoms with Crippen LogP contribution in [0.1, 0.15) is 33.3 Å². The van der Waals surface area contributed by atoms with Crippen LogP contribution < -0.4 is 0 Å². The van der Waals surface area contributed by atoms with Gasteiger partial charge in [-0.15, -0.1) is 0 Å². The Morgan fingerprint density at radius 1 is 0.926 bits per heavy atom. The lowest BCUT2D eigenvalue weighted by molar-refractivity contribution is -0.0452. The molecule has 2 aromatic rings.